The zero-order valence-electron chi connectivity index (χ0n) is 18.8. The Morgan fingerprint density at radius 2 is 1.66 bits per heavy atom. The lowest BCUT2D eigenvalue weighted by molar-refractivity contribution is 0.102. The molecule has 176 valence electrons. The summed E-state index contributed by atoms with van der Waals surface area (Å²) < 4.78 is 27.1. The molecule has 3 aromatic carbocycles. The molecule has 8 nitrogen and oxygen atoms in total. The number of pyridine rings is 1. The van der Waals surface area contributed by atoms with Gasteiger partial charge < -0.3 is 11.1 Å². The summed E-state index contributed by atoms with van der Waals surface area (Å²) >= 11 is 0. The van der Waals surface area contributed by atoms with Crippen LogP contribution in [0.5, 0.6) is 0 Å². The maximum Gasteiger partial charge on any atom is 0.257 e. The Labute approximate surface area is 203 Å². The van der Waals surface area contributed by atoms with Crippen LogP contribution in [0.1, 0.15) is 15.9 Å². The molecule has 35 heavy (non-hydrogen) atoms. The minimum Gasteiger partial charge on any atom is -0.384 e. The zero-order chi connectivity index (χ0) is 25.0. The van der Waals surface area contributed by atoms with Gasteiger partial charge in [0.2, 0.25) is 10.0 Å². The molecular formula is C26H23N5O3S. The molecule has 0 fully saturated rings. The molecular weight excluding hydrogens is 462 g/mol. The summed E-state index contributed by atoms with van der Waals surface area (Å²) in [6, 6.07) is 24.0. The van der Waals surface area contributed by atoms with Crippen molar-refractivity contribution in [3.05, 3.63) is 102 Å². The molecule has 4 rings (SSSR count). The quantitative estimate of drug-likeness (QED) is 0.233. The van der Waals surface area contributed by atoms with E-state index in [1.165, 1.54) is 7.05 Å². The van der Waals surface area contributed by atoms with Crippen molar-refractivity contribution < 1.29 is 13.2 Å². The second kappa shape index (κ2) is 9.88. The number of nitrogen functional groups attached to an aromatic ring is 1. The van der Waals surface area contributed by atoms with Crippen LogP contribution < -0.4 is 15.8 Å². The van der Waals surface area contributed by atoms with Crippen LogP contribution in [0.25, 0.3) is 22.4 Å². The predicted molar refractivity (Wildman–Crippen MR) is 137 cm³/mol. The van der Waals surface area contributed by atoms with Gasteiger partial charge in [-0.25, -0.2) is 13.1 Å². The molecule has 1 aromatic heterocycles. The van der Waals surface area contributed by atoms with Crippen LogP contribution in [0.4, 0.5) is 5.69 Å². The van der Waals surface area contributed by atoms with Crippen LogP contribution >= 0.6 is 0 Å². The highest BCUT2D eigenvalue weighted by Crippen LogP contribution is 2.29. The number of nitrogens with two attached hydrogens (primary N) is 1. The number of carbonyl (C=O) groups excluding carboxylic acids is 1. The first-order chi connectivity index (χ1) is 16.8. The van der Waals surface area contributed by atoms with Crippen LogP contribution in [0, 0.1) is 5.41 Å². The van der Waals surface area contributed by atoms with Gasteiger partial charge in [0.15, 0.2) is 0 Å². The third-order valence-electron chi connectivity index (χ3n) is 5.40. The fourth-order valence-corrected chi connectivity index (χ4v) is 4.59. The molecule has 5 N–H and O–H groups in total. The fraction of sp³-hybridized carbons (Fsp3) is 0.0385. The number of aromatic nitrogens is 1. The number of sulfonamides is 1. The average molecular weight is 486 g/mol. The van der Waals surface area contributed by atoms with E-state index in [2.05, 4.69) is 15.0 Å². The number of anilines is 1. The summed E-state index contributed by atoms with van der Waals surface area (Å²) in [6.45, 7) is 0. The minimum absolute atomic E-state index is 0.0713. The highest BCUT2D eigenvalue weighted by Gasteiger charge is 2.18. The predicted octanol–water partition coefficient (Wildman–Crippen LogP) is 3.86. The molecule has 0 radical (unpaired) electrons. The van der Waals surface area contributed by atoms with Crippen molar-refractivity contribution in [3.8, 4) is 22.4 Å². The average Bonchev–Trinajstić information content (AvgIpc) is 2.89. The Bertz CT molecular complexity index is 1520. The summed E-state index contributed by atoms with van der Waals surface area (Å²) in [6.07, 6.45) is 1.60. The monoisotopic (exact) mass is 485 g/mol. The Morgan fingerprint density at radius 1 is 0.914 bits per heavy atom. The number of rotatable bonds is 7. The van der Waals surface area contributed by atoms with E-state index in [4.69, 9.17) is 11.1 Å². The summed E-state index contributed by atoms with van der Waals surface area (Å²) in [7, 11) is -2.26. The summed E-state index contributed by atoms with van der Waals surface area (Å²) in [5, 5.41) is 10.5. The van der Waals surface area contributed by atoms with Crippen LogP contribution in [-0.2, 0) is 10.0 Å². The van der Waals surface area contributed by atoms with E-state index in [1.807, 2.05) is 0 Å². The molecule has 4 aromatic rings. The number of amidine groups is 1. The summed E-state index contributed by atoms with van der Waals surface area (Å²) in [5.41, 5.74) is 9.43. The number of amides is 1. The van der Waals surface area contributed by atoms with Crippen molar-refractivity contribution in [1.29, 1.82) is 5.41 Å². The lowest BCUT2D eigenvalue weighted by atomic mass is 10.0. The first-order valence-corrected chi connectivity index (χ1v) is 12.1. The number of nitrogens with one attached hydrogen (secondary N) is 3. The standard InChI is InChI=1S/C26H23N5O3S/c1-29-35(33,34)23-10-3-2-8-21(23)17-11-13-20(14-12-17)31-26(32)22-9-5-15-30-24(22)18-6-4-7-19(16-18)25(27)28/h2-16,29H,1H3,(H3,27,28)(H,31,32). The number of carbonyl (C=O) groups is 1. The third kappa shape index (κ3) is 5.11. The van der Waals surface area contributed by atoms with Crippen LogP contribution in [0.15, 0.2) is 96.0 Å². The SMILES string of the molecule is CNS(=O)(=O)c1ccccc1-c1ccc(NC(=O)c2cccnc2-c2cccc(C(=N)N)c2)cc1. The minimum atomic E-state index is -3.63. The number of hydrogen-bond acceptors (Lipinski definition) is 5. The number of benzene rings is 3. The molecule has 0 saturated heterocycles. The van der Waals surface area contributed by atoms with Gasteiger partial charge in [-0.1, -0.05) is 48.5 Å². The molecule has 0 unspecified atom stereocenters. The first kappa shape index (κ1) is 23.8. The van der Waals surface area contributed by atoms with Gasteiger partial charge in [-0.05, 0) is 49.0 Å². The van der Waals surface area contributed by atoms with Crippen LogP contribution in [0.3, 0.4) is 0 Å². The Hall–Kier alpha value is -4.34. The van der Waals surface area contributed by atoms with E-state index in [0.717, 1.165) is 0 Å². The van der Waals surface area contributed by atoms with Gasteiger partial charge in [0.25, 0.3) is 5.91 Å². The molecule has 9 heteroatoms. The highest BCUT2D eigenvalue weighted by molar-refractivity contribution is 7.89. The molecule has 1 amide bonds. The fourth-order valence-electron chi connectivity index (χ4n) is 3.63. The molecule has 0 spiro atoms. The van der Waals surface area contributed by atoms with E-state index < -0.39 is 10.0 Å². The maximum absolute atomic E-state index is 13.1. The third-order valence-corrected chi connectivity index (χ3v) is 6.87. The van der Waals surface area contributed by atoms with Crippen molar-refractivity contribution >= 4 is 27.5 Å². The molecule has 0 bridgehead atoms. The van der Waals surface area contributed by atoms with Crippen LogP contribution in [-0.4, -0.2) is 32.2 Å². The topological polar surface area (TPSA) is 138 Å². The summed E-state index contributed by atoms with van der Waals surface area (Å²) in [5.74, 6) is -0.426. The first-order valence-electron chi connectivity index (χ1n) is 10.6. The van der Waals surface area contributed by atoms with E-state index in [-0.39, 0.29) is 16.6 Å². The Kier molecular flexibility index (Phi) is 6.72. The molecule has 1 heterocycles. The van der Waals surface area contributed by atoms with Crippen molar-refractivity contribution in [3.63, 3.8) is 0 Å². The molecule has 0 aliphatic carbocycles. The zero-order valence-corrected chi connectivity index (χ0v) is 19.6. The second-order valence-corrected chi connectivity index (χ2v) is 9.48. The van der Waals surface area contributed by atoms with Crippen molar-refractivity contribution in [2.45, 2.75) is 4.90 Å². The number of nitrogens with zero attached hydrogens (tertiary/aromatic N) is 1. The molecule has 0 aliphatic rings. The summed E-state index contributed by atoms with van der Waals surface area (Å²) in [4.78, 5) is 17.6. The lowest BCUT2D eigenvalue weighted by Crippen LogP contribution is -2.19. The van der Waals surface area contributed by atoms with Gasteiger partial charge in [-0.2, -0.15) is 0 Å². The molecule has 0 aliphatic heterocycles. The van der Waals surface area contributed by atoms with Gasteiger partial charge in [0.05, 0.1) is 16.2 Å². The van der Waals surface area contributed by atoms with Crippen molar-refractivity contribution in [2.75, 3.05) is 12.4 Å². The maximum atomic E-state index is 13.1. The van der Waals surface area contributed by atoms with Gasteiger partial charge in [0.1, 0.15) is 5.84 Å². The van der Waals surface area contributed by atoms with E-state index in [1.54, 1.807) is 91.1 Å². The van der Waals surface area contributed by atoms with Gasteiger partial charge >= 0.3 is 0 Å². The normalized spacial score (nSPS) is 11.1. The van der Waals surface area contributed by atoms with Gasteiger partial charge in [-0.3, -0.25) is 15.2 Å². The smallest absolute Gasteiger partial charge is 0.257 e. The van der Waals surface area contributed by atoms with Gasteiger partial charge in [0, 0.05) is 28.6 Å². The highest BCUT2D eigenvalue weighted by atomic mass is 32.2. The second-order valence-electron chi connectivity index (χ2n) is 7.63. The Morgan fingerprint density at radius 3 is 2.37 bits per heavy atom. The van der Waals surface area contributed by atoms with E-state index in [9.17, 15) is 13.2 Å². The van der Waals surface area contributed by atoms with Crippen LogP contribution in [0.2, 0.25) is 0 Å². The van der Waals surface area contributed by atoms with E-state index >= 15 is 0 Å². The van der Waals surface area contributed by atoms with Gasteiger partial charge in [-0.15, -0.1) is 0 Å². The number of hydrogen-bond donors (Lipinski definition) is 4. The molecule has 0 saturated carbocycles. The van der Waals surface area contributed by atoms with E-state index in [0.29, 0.717) is 39.2 Å². The van der Waals surface area contributed by atoms with Crippen molar-refractivity contribution in [2.24, 2.45) is 5.73 Å². The molecule has 0 atom stereocenters. The largest absolute Gasteiger partial charge is 0.384 e. The Balaban J connectivity index is 1.61. The van der Waals surface area contributed by atoms with Crippen molar-refractivity contribution in [1.82, 2.24) is 9.71 Å². The lowest BCUT2D eigenvalue weighted by Gasteiger charge is -2.12.